The van der Waals surface area contributed by atoms with Gasteiger partial charge in [0, 0.05) is 6.54 Å². The van der Waals surface area contributed by atoms with Crippen LogP contribution in [0.1, 0.15) is 64.0 Å². The molecular formula is C20H33NO. The predicted molar refractivity (Wildman–Crippen MR) is 94.6 cm³/mol. The number of piperidine rings is 1. The van der Waals surface area contributed by atoms with Crippen LogP contribution in [0.3, 0.4) is 0 Å². The minimum atomic E-state index is 0.183. The molecule has 1 aromatic rings. The van der Waals surface area contributed by atoms with E-state index in [1.807, 2.05) is 6.07 Å². The summed E-state index contributed by atoms with van der Waals surface area (Å²) in [7, 11) is 0. The van der Waals surface area contributed by atoms with Gasteiger partial charge >= 0.3 is 0 Å². The fourth-order valence-corrected chi connectivity index (χ4v) is 3.92. The first kappa shape index (κ1) is 17.3. The van der Waals surface area contributed by atoms with E-state index in [2.05, 4.69) is 38.7 Å². The highest BCUT2D eigenvalue weighted by molar-refractivity contribution is 5.42. The first-order valence-electron chi connectivity index (χ1n) is 9.00. The van der Waals surface area contributed by atoms with Crippen LogP contribution in [-0.4, -0.2) is 29.6 Å². The quantitative estimate of drug-likeness (QED) is 0.757. The molecule has 22 heavy (non-hydrogen) atoms. The lowest BCUT2D eigenvalue weighted by atomic mass is 9.67. The van der Waals surface area contributed by atoms with E-state index in [0.29, 0.717) is 11.7 Å². The van der Waals surface area contributed by atoms with E-state index in [0.717, 1.165) is 5.56 Å². The van der Waals surface area contributed by atoms with E-state index in [1.165, 1.54) is 57.3 Å². The predicted octanol–water partition coefficient (Wildman–Crippen LogP) is 4.88. The molecule has 1 aliphatic rings. The maximum absolute atomic E-state index is 10.0. The van der Waals surface area contributed by atoms with Gasteiger partial charge in [0.15, 0.2) is 0 Å². The second-order valence-corrected chi connectivity index (χ2v) is 7.38. The third-order valence-corrected chi connectivity index (χ3v) is 5.82. The summed E-state index contributed by atoms with van der Waals surface area (Å²) in [6.45, 7) is 12.7. The van der Waals surface area contributed by atoms with Gasteiger partial charge in [-0.25, -0.2) is 0 Å². The van der Waals surface area contributed by atoms with Gasteiger partial charge in [0.1, 0.15) is 5.75 Å². The van der Waals surface area contributed by atoms with Crippen LogP contribution in [-0.2, 0) is 5.41 Å². The van der Waals surface area contributed by atoms with E-state index in [4.69, 9.17) is 0 Å². The van der Waals surface area contributed by atoms with E-state index in [9.17, 15) is 5.11 Å². The summed E-state index contributed by atoms with van der Waals surface area (Å²) in [5.41, 5.74) is 2.59. The van der Waals surface area contributed by atoms with Crippen molar-refractivity contribution in [1.82, 2.24) is 4.90 Å². The number of phenolic OH excluding ortho intramolecular Hbond substituents is 1. The van der Waals surface area contributed by atoms with Gasteiger partial charge in [-0.05, 0) is 61.4 Å². The Morgan fingerprint density at radius 3 is 2.73 bits per heavy atom. The van der Waals surface area contributed by atoms with Crippen LogP contribution in [0.2, 0.25) is 0 Å². The molecule has 0 aromatic heterocycles. The molecule has 2 heteroatoms. The summed E-state index contributed by atoms with van der Waals surface area (Å²) in [6, 6.07) is 6.00. The van der Waals surface area contributed by atoms with Crippen molar-refractivity contribution in [1.29, 1.82) is 0 Å². The van der Waals surface area contributed by atoms with Crippen LogP contribution < -0.4 is 0 Å². The highest BCUT2D eigenvalue weighted by Crippen LogP contribution is 2.42. The van der Waals surface area contributed by atoms with Crippen molar-refractivity contribution in [3.63, 3.8) is 0 Å². The number of benzene rings is 1. The molecule has 1 saturated heterocycles. The zero-order valence-corrected chi connectivity index (χ0v) is 14.9. The monoisotopic (exact) mass is 303 g/mol. The topological polar surface area (TPSA) is 23.5 Å². The van der Waals surface area contributed by atoms with Gasteiger partial charge in [-0.1, -0.05) is 52.2 Å². The second-order valence-electron chi connectivity index (χ2n) is 7.38. The molecule has 1 aromatic carbocycles. The SMILES string of the molecule is CCCCCCN1CCC(C)(c2cccc(O)c2C)C(C)C1. The van der Waals surface area contributed by atoms with Gasteiger partial charge in [0.05, 0.1) is 0 Å². The smallest absolute Gasteiger partial charge is 0.118 e. The van der Waals surface area contributed by atoms with Gasteiger partial charge in [0.2, 0.25) is 0 Å². The molecule has 0 radical (unpaired) electrons. The Hall–Kier alpha value is -1.02. The van der Waals surface area contributed by atoms with E-state index >= 15 is 0 Å². The molecule has 1 N–H and O–H groups in total. The molecule has 1 fully saturated rings. The normalized spacial score (nSPS) is 26.3. The lowest BCUT2D eigenvalue weighted by molar-refractivity contribution is 0.109. The maximum Gasteiger partial charge on any atom is 0.118 e. The first-order valence-corrected chi connectivity index (χ1v) is 9.00. The maximum atomic E-state index is 10.0. The zero-order valence-electron chi connectivity index (χ0n) is 14.9. The van der Waals surface area contributed by atoms with E-state index in [1.54, 1.807) is 6.07 Å². The van der Waals surface area contributed by atoms with Crippen molar-refractivity contribution >= 4 is 0 Å². The lowest BCUT2D eigenvalue weighted by Gasteiger charge is -2.45. The van der Waals surface area contributed by atoms with Crippen molar-refractivity contribution < 1.29 is 5.11 Å². The summed E-state index contributed by atoms with van der Waals surface area (Å²) >= 11 is 0. The number of rotatable bonds is 6. The molecule has 2 rings (SSSR count). The van der Waals surface area contributed by atoms with Crippen molar-refractivity contribution in [2.45, 2.75) is 65.2 Å². The molecule has 2 atom stereocenters. The Labute approximate surface area is 136 Å². The van der Waals surface area contributed by atoms with Crippen LogP contribution >= 0.6 is 0 Å². The Morgan fingerprint density at radius 2 is 2.05 bits per heavy atom. The third kappa shape index (κ3) is 3.65. The average Bonchev–Trinajstić information content (AvgIpc) is 2.50. The van der Waals surface area contributed by atoms with E-state index < -0.39 is 0 Å². The highest BCUT2D eigenvalue weighted by atomic mass is 16.3. The zero-order chi connectivity index (χ0) is 16.2. The second kappa shape index (κ2) is 7.50. The van der Waals surface area contributed by atoms with Crippen LogP contribution in [0.25, 0.3) is 0 Å². The lowest BCUT2D eigenvalue weighted by Crippen LogP contribution is -2.47. The number of aromatic hydroxyl groups is 1. The number of likely N-dealkylation sites (tertiary alicyclic amines) is 1. The largest absolute Gasteiger partial charge is 0.508 e. The van der Waals surface area contributed by atoms with Crippen LogP contribution in [0.15, 0.2) is 18.2 Å². The van der Waals surface area contributed by atoms with Crippen molar-refractivity contribution in [2.24, 2.45) is 5.92 Å². The van der Waals surface area contributed by atoms with Gasteiger partial charge in [0.25, 0.3) is 0 Å². The molecule has 0 aliphatic carbocycles. The Morgan fingerprint density at radius 1 is 1.27 bits per heavy atom. The first-order chi connectivity index (χ1) is 10.5. The minimum absolute atomic E-state index is 0.183. The van der Waals surface area contributed by atoms with E-state index in [-0.39, 0.29) is 5.41 Å². The minimum Gasteiger partial charge on any atom is -0.508 e. The molecule has 0 spiro atoms. The average molecular weight is 303 g/mol. The fraction of sp³-hybridized carbons (Fsp3) is 0.700. The van der Waals surface area contributed by atoms with Crippen LogP contribution in [0.4, 0.5) is 0 Å². The molecule has 2 unspecified atom stereocenters. The van der Waals surface area contributed by atoms with Crippen LogP contribution in [0.5, 0.6) is 5.75 Å². The summed E-state index contributed by atoms with van der Waals surface area (Å²) in [6.07, 6.45) is 6.56. The Kier molecular flexibility index (Phi) is 5.91. The molecule has 2 nitrogen and oxygen atoms in total. The molecule has 1 heterocycles. The summed E-state index contributed by atoms with van der Waals surface area (Å²) in [4.78, 5) is 2.64. The third-order valence-electron chi connectivity index (χ3n) is 5.82. The number of unbranched alkanes of at least 4 members (excludes halogenated alkanes) is 3. The summed E-state index contributed by atoms with van der Waals surface area (Å²) < 4.78 is 0. The van der Waals surface area contributed by atoms with Crippen molar-refractivity contribution in [3.05, 3.63) is 29.3 Å². The molecule has 0 saturated carbocycles. The van der Waals surface area contributed by atoms with Gasteiger partial charge in [-0.15, -0.1) is 0 Å². The Balaban J connectivity index is 2.01. The van der Waals surface area contributed by atoms with Gasteiger partial charge in [-0.3, -0.25) is 0 Å². The molecule has 0 bridgehead atoms. The number of nitrogens with zero attached hydrogens (tertiary/aromatic N) is 1. The summed E-state index contributed by atoms with van der Waals surface area (Å²) in [5, 5.41) is 10.0. The summed E-state index contributed by atoms with van der Waals surface area (Å²) in [5.74, 6) is 1.06. The number of phenols is 1. The van der Waals surface area contributed by atoms with Crippen LogP contribution in [0, 0.1) is 12.8 Å². The van der Waals surface area contributed by atoms with Crippen molar-refractivity contribution in [3.8, 4) is 5.75 Å². The molecule has 0 amide bonds. The molecule has 1 aliphatic heterocycles. The van der Waals surface area contributed by atoms with Crippen molar-refractivity contribution in [2.75, 3.05) is 19.6 Å². The fourth-order valence-electron chi connectivity index (χ4n) is 3.92. The molecule has 124 valence electrons. The van der Waals surface area contributed by atoms with Gasteiger partial charge < -0.3 is 10.0 Å². The number of hydrogen-bond donors (Lipinski definition) is 1. The molecular weight excluding hydrogens is 270 g/mol. The standard InChI is InChI=1S/C20H33NO/c1-5-6-7-8-13-21-14-12-20(4,16(2)15-21)18-10-9-11-19(22)17(18)3/h9-11,16,22H,5-8,12-15H2,1-4H3. The van der Waals surface area contributed by atoms with Gasteiger partial charge in [-0.2, -0.15) is 0 Å². The Bertz CT molecular complexity index is 485. The number of hydrogen-bond acceptors (Lipinski definition) is 2. The highest BCUT2D eigenvalue weighted by Gasteiger charge is 2.38.